The smallest absolute Gasteiger partial charge is 0.123 e. The number of allylic oxidation sites excluding steroid dienone is 2. The maximum atomic E-state index is 13.1. The second-order valence-electron chi connectivity index (χ2n) is 4.06. The molecule has 0 amide bonds. The molecule has 1 aliphatic carbocycles. The highest BCUT2D eigenvalue weighted by atomic mass is 35.5. The zero-order valence-corrected chi connectivity index (χ0v) is 9.52. The average Bonchev–Trinajstić information content (AvgIpc) is 2.22. The van der Waals surface area contributed by atoms with E-state index in [2.05, 4.69) is 6.08 Å². The number of hydrogen-bond acceptors (Lipinski definition) is 0. The fourth-order valence-corrected chi connectivity index (χ4v) is 2.34. The summed E-state index contributed by atoms with van der Waals surface area (Å²) in [4.78, 5) is 0. The summed E-state index contributed by atoms with van der Waals surface area (Å²) >= 11 is 6.08. The molecule has 0 bridgehead atoms. The second-order valence-corrected chi connectivity index (χ2v) is 4.62. The van der Waals surface area contributed by atoms with E-state index in [1.165, 1.54) is 11.6 Å². The SMILES string of the molecule is Cc1ccc(F)cc1C1=CC(Cl)CCC1. The van der Waals surface area contributed by atoms with Crippen molar-refractivity contribution >= 4 is 17.2 Å². The zero-order valence-electron chi connectivity index (χ0n) is 8.76. The van der Waals surface area contributed by atoms with Gasteiger partial charge in [-0.3, -0.25) is 0 Å². The Bertz CT molecular complexity index is 396. The van der Waals surface area contributed by atoms with Gasteiger partial charge < -0.3 is 0 Å². The van der Waals surface area contributed by atoms with E-state index in [9.17, 15) is 4.39 Å². The van der Waals surface area contributed by atoms with Crippen LogP contribution in [-0.4, -0.2) is 5.38 Å². The Labute approximate surface area is 94.8 Å². The first-order valence-corrected chi connectivity index (χ1v) is 5.72. The third-order valence-corrected chi connectivity index (χ3v) is 3.20. The molecule has 80 valence electrons. The normalized spacial score (nSPS) is 21.3. The molecule has 2 rings (SSSR count). The van der Waals surface area contributed by atoms with Crippen molar-refractivity contribution in [1.82, 2.24) is 0 Å². The molecule has 1 aromatic rings. The summed E-state index contributed by atoms with van der Waals surface area (Å²) in [7, 11) is 0. The van der Waals surface area contributed by atoms with Crippen molar-refractivity contribution in [3.63, 3.8) is 0 Å². The van der Waals surface area contributed by atoms with Crippen molar-refractivity contribution in [2.75, 3.05) is 0 Å². The topological polar surface area (TPSA) is 0 Å². The van der Waals surface area contributed by atoms with Crippen LogP contribution >= 0.6 is 11.6 Å². The van der Waals surface area contributed by atoms with Gasteiger partial charge in [0.25, 0.3) is 0 Å². The molecule has 0 saturated heterocycles. The first-order valence-electron chi connectivity index (χ1n) is 5.28. The van der Waals surface area contributed by atoms with E-state index in [-0.39, 0.29) is 11.2 Å². The van der Waals surface area contributed by atoms with Crippen molar-refractivity contribution in [2.24, 2.45) is 0 Å². The molecule has 0 aromatic heterocycles. The highest BCUT2D eigenvalue weighted by molar-refractivity contribution is 6.22. The molecular formula is C13H14ClF. The van der Waals surface area contributed by atoms with Crippen LogP contribution in [0.2, 0.25) is 0 Å². The van der Waals surface area contributed by atoms with Crippen LogP contribution in [0, 0.1) is 12.7 Å². The average molecular weight is 225 g/mol. The van der Waals surface area contributed by atoms with Crippen molar-refractivity contribution in [2.45, 2.75) is 31.6 Å². The predicted octanol–water partition coefficient (Wildman–Crippen LogP) is 4.31. The summed E-state index contributed by atoms with van der Waals surface area (Å²) in [5.41, 5.74) is 3.33. The van der Waals surface area contributed by atoms with Crippen molar-refractivity contribution in [1.29, 1.82) is 0 Å². The summed E-state index contributed by atoms with van der Waals surface area (Å²) in [6.45, 7) is 2.01. The summed E-state index contributed by atoms with van der Waals surface area (Å²) < 4.78 is 13.1. The minimum atomic E-state index is -0.173. The van der Waals surface area contributed by atoms with Crippen LogP contribution in [0.25, 0.3) is 5.57 Å². The van der Waals surface area contributed by atoms with Crippen LogP contribution in [0.3, 0.4) is 0 Å². The molecule has 0 heterocycles. The van der Waals surface area contributed by atoms with E-state index in [1.807, 2.05) is 13.0 Å². The molecule has 0 spiro atoms. The summed E-state index contributed by atoms with van der Waals surface area (Å²) in [6, 6.07) is 4.93. The van der Waals surface area contributed by atoms with E-state index >= 15 is 0 Å². The highest BCUT2D eigenvalue weighted by Crippen LogP contribution is 2.31. The molecule has 0 saturated carbocycles. The molecule has 15 heavy (non-hydrogen) atoms. The molecule has 2 heteroatoms. The van der Waals surface area contributed by atoms with Crippen LogP contribution in [-0.2, 0) is 0 Å². The van der Waals surface area contributed by atoms with Gasteiger partial charge in [-0.25, -0.2) is 4.39 Å². The van der Waals surface area contributed by atoms with Crippen molar-refractivity contribution in [3.05, 3.63) is 41.2 Å². The molecule has 0 nitrogen and oxygen atoms in total. The largest absolute Gasteiger partial charge is 0.207 e. The van der Waals surface area contributed by atoms with Crippen LogP contribution in [0.15, 0.2) is 24.3 Å². The first kappa shape index (κ1) is 10.7. The standard InChI is InChI=1S/C13H14ClF/c1-9-5-6-12(15)8-13(9)10-3-2-4-11(14)7-10/h5-8,11H,2-4H2,1H3. The Kier molecular flexibility index (Phi) is 3.11. The molecular weight excluding hydrogens is 211 g/mol. The third-order valence-electron chi connectivity index (χ3n) is 2.85. The Morgan fingerprint density at radius 3 is 2.93 bits per heavy atom. The maximum Gasteiger partial charge on any atom is 0.123 e. The van der Waals surface area contributed by atoms with Gasteiger partial charge in [0.15, 0.2) is 0 Å². The number of rotatable bonds is 1. The van der Waals surface area contributed by atoms with Gasteiger partial charge in [-0.05, 0) is 55.0 Å². The molecule has 1 atom stereocenters. The zero-order chi connectivity index (χ0) is 10.8. The minimum Gasteiger partial charge on any atom is -0.207 e. The highest BCUT2D eigenvalue weighted by Gasteiger charge is 2.14. The predicted molar refractivity (Wildman–Crippen MR) is 62.6 cm³/mol. The lowest BCUT2D eigenvalue weighted by Crippen LogP contribution is -2.03. The second kappa shape index (κ2) is 4.36. The van der Waals surface area contributed by atoms with Gasteiger partial charge >= 0.3 is 0 Å². The van der Waals surface area contributed by atoms with Crippen LogP contribution < -0.4 is 0 Å². The van der Waals surface area contributed by atoms with Gasteiger partial charge in [0.2, 0.25) is 0 Å². The van der Waals surface area contributed by atoms with Crippen molar-refractivity contribution < 1.29 is 4.39 Å². The minimum absolute atomic E-state index is 0.108. The Balaban J connectivity index is 2.40. The van der Waals surface area contributed by atoms with Gasteiger partial charge in [-0.15, -0.1) is 11.6 Å². The molecule has 0 fully saturated rings. The van der Waals surface area contributed by atoms with Gasteiger partial charge in [0.05, 0.1) is 5.38 Å². The summed E-state index contributed by atoms with van der Waals surface area (Å²) in [6.07, 6.45) is 5.19. The van der Waals surface area contributed by atoms with Crippen molar-refractivity contribution in [3.8, 4) is 0 Å². The number of aryl methyl sites for hydroxylation is 1. The van der Waals surface area contributed by atoms with Gasteiger partial charge in [-0.2, -0.15) is 0 Å². The molecule has 0 radical (unpaired) electrons. The molecule has 0 aliphatic heterocycles. The lowest BCUT2D eigenvalue weighted by Gasteiger charge is -2.18. The monoisotopic (exact) mass is 224 g/mol. The maximum absolute atomic E-state index is 13.1. The van der Waals surface area contributed by atoms with Crippen LogP contribution in [0.4, 0.5) is 4.39 Å². The van der Waals surface area contributed by atoms with Gasteiger partial charge in [0, 0.05) is 0 Å². The lowest BCUT2D eigenvalue weighted by atomic mass is 9.91. The van der Waals surface area contributed by atoms with Gasteiger partial charge in [-0.1, -0.05) is 12.1 Å². The Morgan fingerprint density at radius 1 is 1.40 bits per heavy atom. The lowest BCUT2D eigenvalue weighted by molar-refractivity contribution is 0.626. The Morgan fingerprint density at radius 2 is 2.20 bits per heavy atom. The number of halogens is 2. The molecule has 1 unspecified atom stereocenters. The third kappa shape index (κ3) is 2.40. The van der Waals surface area contributed by atoms with Gasteiger partial charge in [0.1, 0.15) is 5.82 Å². The van der Waals surface area contributed by atoms with E-state index < -0.39 is 0 Å². The molecule has 1 aliphatic rings. The summed E-state index contributed by atoms with van der Waals surface area (Å²) in [5, 5.41) is 0.108. The molecule has 1 aromatic carbocycles. The van der Waals surface area contributed by atoms with E-state index in [0.717, 1.165) is 30.4 Å². The fourth-order valence-electron chi connectivity index (χ4n) is 2.04. The van der Waals surface area contributed by atoms with E-state index in [1.54, 1.807) is 6.07 Å². The van der Waals surface area contributed by atoms with E-state index in [4.69, 9.17) is 11.6 Å². The van der Waals surface area contributed by atoms with Crippen LogP contribution in [0.1, 0.15) is 30.4 Å². The van der Waals surface area contributed by atoms with Crippen LogP contribution in [0.5, 0.6) is 0 Å². The molecule has 0 N–H and O–H groups in total. The number of benzene rings is 1. The number of alkyl halides is 1. The number of hydrogen-bond donors (Lipinski definition) is 0. The Hall–Kier alpha value is -0.820. The fraction of sp³-hybridized carbons (Fsp3) is 0.385. The van der Waals surface area contributed by atoms with E-state index in [0.29, 0.717) is 0 Å². The quantitative estimate of drug-likeness (QED) is 0.624. The summed E-state index contributed by atoms with van der Waals surface area (Å²) in [5.74, 6) is -0.173. The first-order chi connectivity index (χ1) is 7.16.